The summed E-state index contributed by atoms with van der Waals surface area (Å²) in [6, 6.07) is 4.68. The molecule has 0 nitrogen and oxygen atoms in total. The number of hydrogen-bond acceptors (Lipinski definition) is 0. The number of rotatable bonds is 24. The van der Waals surface area contributed by atoms with Gasteiger partial charge in [0.1, 0.15) is 0 Å². The molecule has 0 saturated heterocycles. The fraction of sp³-hybridized carbons (Fsp3) is 0.850. The summed E-state index contributed by atoms with van der Waals surface area (Å²) in [6.07, 6.45) is 25.6. The summed E-state index contributed by atoms with van der Waals surface area (Å²) < 4.78 is 0. The standard InChI is InChI=1S/C40H74/c1-31(2)17-13-20-34(5)23-15-25-35(6)24-14-21-32(3)18-11-12-19-33(4)22-16-26-36(7)27-29-40-30-28-37(8)38(9)39(40)10/h28,30-36H,11-27,29H2,1-10H3. The zero-order valence-electron chi connectivity index (χ0n) is 29.3. The largest absolute Gasteiger partial charge is 0.0628 e. The van der Waals surface area contributed by atoms with E-state index in [0.717, 1.165) is 35.5 Å². The van der Waals surface area contributed by atoms with Crippen LogP contribution in [-0.4, -0.2) is 0 Å². The average molecular weight is 555 g/mol. The van der Waals surface area contributed by atoms with E-state index in [9.17, 15) is 0 Å². The van der Waals surface area contributed by atoms with Gasteiger partial charge < -0.3 is 0 Å². The Morgan fingerprint density at radius 2 is 0.750 bits per heavy atom. The van der Waals surface area contributed by atoms with Crippen LogP contribution in [0.4, 0.5) is 0 Å². The van der Waals surface area contributed by atoms with Gasteiger partial charge in [0.25, 0.3) is 0 Å². The highest BCUT2D eigenvalue weighted by molar-refractivity contribution is 5.38. The van der Waals surface area contributed by atoms with E-state index in [4.69, 9.17) is 0 Å². The monoisotopic (exact) mass is 555 g/mol. The molecule has 1 aromatic rings. The first-order chi connectivity index (χ1) is 19.0. The lowest BCUT2D eigenvalue weighted by Crippen LogP contribution is -2.03. The van der Waals surface area contributed by atoms with E-state index in [-0.39, 0.29) is 0 Å². The molecular formula is C40H74. The third-order valence-electron chi connectivity index (χ3n) is 10.4. The van der Waals surface area contributed by atoms with Crippen LogP contribution < -0.4 is 0 Å². The Balaban J connectivity index is 2.01. The van der Waals surface area contributed by atoms with Crippen LogP contribution >= 0.6 is 0 Å². The summed E-state index contributed by atoms with van der Waals surface area (Å²) in [5, 5.41) is 0. The van der Waals surface area contributed by atoms with Gasteiger partial charge in [-0.25, -0.2) is 0 Å². The SMILES string of the molecule is Cc1ccc(CCC(C)CCCC(C)CCCCC(C)CCCC(C)CCCC(C)CCCC(C)C)c(C)c1C. The van der Waals surface area contributed by atoms with Crippen LogP contribution in [0.25, 0.3) is 0 Å². The molecule has 0 heterocycles. The lowest BCUT2D eigenvalue weighted by Gasteiger charge is -2.17. The van der Waals surface area contributed by atoms with Crippen molar-refractivity contribution in [1.29, 1.82) is 0 Å². The molecule has 0 saturated carbocycles. The van der Waals surface area contributed by atoms with Gasteiger partial charge in [-0.15, -0.1) is 0 Å². The highest BCUT2D eigenvalue weighted by Gasteiger charge is 2.11. The molecule has 40 heavy (non-hydrogen) atoms. The molecule has 1 rings (SSSR count). The molecule has 0 aliphatic heterocycles. The van der Waals surface area contributed by atoms with Crippen molar-refractivity contribution < 1.29 is 0 Å². The minimum atomic E-state index is 0.847. The van der Waals surface area contributed by atoms with Crippen LogP contribution in [0.15, 0.2) is 12.1 Å². The summed E-state index contributed by atoms with van der Waals surface area (Å²) in [5.41, 5.74) is 6.01. The smallest absolute Gasteiger partial charge is 0.0274 e. The molecular weight excluding hydrogens is 480 g/mol. The van der Waals surface area contributed by atoms with Crippen LogP contribution in [0.5, 0.6) is 0 Å². The lowest BCUT2D eigenvalue weighted by atomic mass is 9.89. The normalized spacial score (nSPS) is 15.8. The molecule has 0 aliphatic carbocycles. The zero-order valence-corrected chi connectivity index (χ0v) is 29.3. The van der Waals surface area contributed by atoms with Gasteiger partial charge in [0, 0.05) is 0 Å². The quantitative estimate of drug-likeness (QED) is 0.111. The summed E-state index contributed by atoms with van der Waals surface area (Å²) in [4.78, 5) is 0. The Hall–Kier alpha value is -0.780. The van der Waals surface area contributed by atoms with E-state index in [1.807, 2.05) is 0 Å². The fourth-order valence-corrected chi connectivity index (χ4v) is 6.71. The molecule has 234 valence electrons. The van der Waals surface area contributed by atoms with Crippen LogP contribution in [0.2, 0.25) is 0 Å². The predicted octanol–water partition coefficient (Wildman–Crippen LogP) is 13.6. The molecule has 0 bridgehead atoms. The number of aryl methyl sites for hydroxylation is 2. The summed E-state index contributed by atoms with van der Waals surface area (Å²) in [5.74, 6) is 5.40. The molecule has 0 spiro atoms. The topological polar surface area (TPSA) is 0 Å². The summed E-state index contributed by atoms with van der Waals surface area (Å²) >= 11 is 0. The Kier molecular flexibility index (Phi) is 20.4. The van der Waals surface area contributed by atoms with Crippen molar-refractivity contribution in [3.05, 3.63) is 34.4 Å². The van der Waals surface area contributed by atoms with Gasteiger partial charge in [-0.2, -0.15) is 0 Å². The van der Waals surface area contributed by atoms with E-state index in [1.54, 1.807) is 5.56 Å². The first kappa shape index (κ1) is 37.2. The van der Waals surface area contributed by atoms with Crippen molar-refractivity contribution in [3.63, 3.8) is 0 Å². The third-order valence-corrected chi connectivity index (χ3v) is 10.4. The van der Waals surface area contributed by atoms with Crippen LogP contribution in [-0.2, 0) is 6.42 Å². The van der Waals surface area contributed by atoms with Crippen molar-refractivity contribution >= 4 is 0 Å². The minimum Gasteiger partial charge on any atom is -0.0628 e. The number of hydrogen-bond donors (Lipinski definition) is 0. The van der Waals surface area contributed by atoms with E-state index in [0.29, 0.717) is 0 Å². The minimum absolute atomic E-state index is 0.847. The van der Waals surface area contributed by atoms with E-state index >= 15 is 0 Å². The van der Waals surface area contributed by atoms with Gasteiger partial charge in [0.2, 0.25) is 0 Å². The van der Waals surface area contributed by atoms with Crippen molar-refractivity contribution in [2.24, 2.45) is 35.5 Å². The van der Waals surface area contributed by atoms with E-state index < -0.39 is 0 Å². The molecule has 0 aromatic heterocycles. The van der Waals surface area contributed by atoms with Gasteiger partial charge >= 0.3 is 0 Å². The maximum atomic E-state index is 2.51. The Morgan fingerprint density at radius 3 is 1.15 bits per heavy atom. The number of unbranched alkanes of at least 4 members (excludes halogenated alkanes) is 1. The van der Waals surface area contributed by atoms with Crippen LogP contribution in [0.3, 0.4) is 0 Å². The molecule has 5 unspecified atom stereocenters. The highest BCUT2D eigenvalue weighted by Crippen LogP contribution is 2.26. The molecule has 0 amide bonds. The van der Waals surface area contributed by atoms with Crippen molar-refractivity contribution in [2.45, 2.75) is 185 Å². The average Bonchev–Trinajstić information content (AvgIpc) is 2.89. The zero-order chi connectivity index (χ0) is 29.9. The third kappa shape index (κ3) is 17.9. The van der Waals surface area contributed by atoms with Crippen molar-refractivity contribution in [3.8, 4) is 0 Å². The fourth-order valence-electron chi connectivity index (χ4n) is 6.71. The van der Waals surface area contributed by atoms with Gasteiger partial charge in [-0.1, -0.05) is 163 Å². The molecule has 0 N–H and O–H groups in total. The lowest BCUT2D eigenvalue weighted by molar-refractivity contribution is 0.365. The second-order valence-electron chi connectivity index (χ2n) is 15.3. The van der Waals surface area contributed by atoms with Crippen molar-refractivity contribution in [2.75, 3.05) is 0 Å². The highest BCUT2D eigenvalue weighted by atomic mass is 14.2. The first-order valence-corrected chi connectivity index (χ1v) is 18.0. The van der Waals surface area contributed by atoms with Crippen molar-refractivity contribution in [1.82, 2.24) is 0 Å². The predicted molar refractivity (Wildman–Crippen MR) is 184 cm³/mol. The maximum absolute atomic E-state index is 2.51. The van der Waals surface area contributed by atoms with E-state index in [2.05, 4.69) is 81.4 Å². The van der Waals surface area contributed by atoms with E-state index in [1.165, 1.54) is 132 Å². The summed E-state index contributed by atoms with van der Waals surface area (Å²) in [7, 11) is 0. The van der Waals surface area contributed by atoms with Crippen LogP contribution in [0.1, 0.15) is 180 Å². The Morgan fingerprint density at radius 1 is 0.400 bits per heavy atom. The Labute approximate surface area is 254 Å². The second-order valence-corrected chi connectivity index (χ2v) is 15.3. The maximum Gasteiger partial charge on any atom is -0.0274 e. The molecule has 0 heteroatoms. The van der Waals surface area contributed by atoms with Gasteiger partial charge in [0.15, 0.2) is 0 Å². The first-order valence-electron chi connectivity index (χ1n) is 18.0. The Bertz CT molecular complexity index is 743. The van der Waals surface area contributed by atoms with Gasteiger partial charge in [-0.3, -0.25) is 0 Å². The molecule has 0 radical (unpaired) electrons. The van der Waals surface area contributed by atoms with Gasteiger partial charge in [-0.05, 0) is 91.4 Å². The second kappa shape index (κ2) is 21.9. The summed E-state index contributed by atoms with van der Waals surface area (Å²) in [6.45, 7) is 24.0. The molecule has 5 atom stereocenters. The molecule has 0 aliphatic rings. The molecule has 0 fully saturated rings. The van der Waals surface area contributed by atoms with Crippen LogP contribution in [0, 0.1) is 56.3 Å². The molecule has 1 aromatic carbocycles. The number of benzene rings is 1. The van der Waals surface area contributed by atoms with Gasteiger partial charge in [0.05, 0.1) is 0 Å².